The maximum absolute atomic E-state index is 12.0. The van der Waals surface area contributed by atoms with Gasteiger partial charge in [0.2, 0.25) is 0 Å². The summed E-state index contributed by atoms with van der Waals surface area (Å²) in [7, 11) is 0. The van der Waals surface area contributed by atoms with Gasteiger partial charge in [0.15, 0.2) is 0 Å². The second kappa shape index (κ2) is 7.51. The minimum Gasteiger partial charge on any atom is -0.359 e. The van der Waals surface area contributed by atoms with Crippen LogP contribution in [0.25, 0.3) is 0 Å². The first-order chi connectivity index (χ1) is 10.6. The first kappa shape index (κ1) is 15.9. The van der Waals surface area contributed by atoms with E-state index in [0.29, 0.717) is 21.4 Å². The Morgan fingerprint density at radius 1 is 1.14 bits per heavy atom. The van der Waals surface area contributed by atoms with Gasteiger partial charge in [-0.2, -0.15) is 5.26 Å². The van der Waals surface area contributed by atoms with E-state index in [1.807, 2.05) is 6.07 Å². The van der Waals surface area contributed by atoms with Gasteiger partial charge in [-0.1, -0.05) is 41.4 Å². The predicted octanol–water partition coefficient (Wildman–Crippen LogP) is 4.45. The van der Waals surface area contributed by atoms with Crippen LogP contribution in [-0.2, 0) is 4.79 Å². The van der Waals surface area contributed by atoms with Gasteiger partial charge in [-0.05, 0) is 30.3 Å². The number of amides is 1. The molecule has 0 heterocycles. The predicted molar refractivity (Wildman–Crippen MR) is 88.9 cm³/mol. The summed E-state index contributed by atoms with van der Waals surface area (Å²) in [5.41, 5.74) is 1.03. The number of carbonyl (C=O) groups excluding carboxylic acids is 1. The largest absolute Gasteiger partial charge is 0.359 e. The zero-order valence-electron chi connectivity index (χ0n) is 11.3. The fourth-order valence-corrected chi connectivity index (χ4v) is 2.02. The van der Waals surface area contributed by atoms with Gasteiger partial charge in [-0.3, -0.25) is 4.79 Å². The molecule has 0 aliphatic carbocycles. The summed E-state index contributed by atoms with van der Waals surface area (Å²) in [4.78, 5) is 12.0. The Morgan fingerprint density at radius 3 is 2.59 bits per heavy atom. The van der Waals surface area contributed by atoms with Crippen molar-refractivity contribution >= 4 is 40.5 Å². The van der Waals surface area contributed by atoms with E-state index in [2.05, 4.69) is 10.6 Å². The average molecular weight is 332 g/mol. The lowest BCUT2D eigenvalue weighted by atomic mass is 10.2. The van der Waals surface area contributed by atoms with Gasteiger partial charge in [0.25, 0.3) is 5.91 Å². The lowest BCUT2D eigenvalue weighted by Crippen LogP contribution is -2.14. The van der Waals surface area contributed by atoms with Gasteiger partial charge in [0.05, 0.1) is 10.7 Å². The van der Waals surface area contributed by atoms with Crippen LogP contribution in [0.5, 0.6) is 0 Å². The number of benzene rings is 2. The molecule has 2 aromatic carbocycles. The van der Waals surface area contributed by atoms with Gasteiger partial charge in [0, 0.05) is 16.9 Å². The number of hydrogen-bond acceptors (Lipinski definition) is 3. The molecule has 22 heavy (non-hydrogen) atoms. The van der Waals surface area contributed by atoms with Crippen molar-refractivity contribution in [3.05, 3.63) is 70.3 Å². The second-order valence-electron chi connectivity index (χ2n) is 4.26. The Hall–Kier alpha value is -2.48. The Balaban J connectivity index is 2.11. The average Bonchev–Trinajstić information content (AvgIpc) is 2.49. The van der Waals surface area contributed by atoms with E-state index in [4.69, 9.17) is 28.5 Å². The maximum Gasteiger partial charge on any atom is 0.267 e. The molecule has 0 aromatic heterocycles. The molecule has 0 fully saturated rings. The molecule has 2 N–H and O–H groups in total. The molecule has 0 saturated heterocycles. The van der Waals surface area contributed by atoms with E-state index < -0.39 is 5.91 Å². The summed E-state index contributed by atoms with van der Waals surface area (Å²) in [6, 6.07) is 15.5. The zero-order chi connectivity index (χ0) is 15.9. The van der Waals surface area contributed by atoms with Crippen LogP contribution in [0.3, 0.4) is 0 Å². The quantitative estimate of drug-likeness (QED) is 0.642. The monoisotopic (exact) mass is 331 g/mol. The summed E-state index contributed by atoms with van der Waals surface area (Å²) in [5, 5.41) is 15.5. The maximum atomic E-state index is 12.0. The highest BCUT2D eigenvalue weighted by Crippen LogP contribution is 2.21. The molecule has 6 heteroatoms. The molecular formula is C16H11Cl2N3O. The smallest absolute Gasteiger partial charge is 0.267 e. The molecule has 2 rings (SSSR count). The summed E-state index contributed by atoms with van der Waals surface area (Å²) in [6.07, 6.45) is 1.31. The number of nitrogens with zero attached hydrogens (tertiary/aromatic N) is 1. The highest BCUT2D eigenvalue weighted by atomic mass is 35.5. The molecule has 0 unspecified atom stereocenters. The molecule has 110 valence electrons. The number of carbonyl (C=O) groups is 1. The first-order valence-electron chi connectivity index (χ1n) is 6.28. The lowest BCUT2D eigenvalue weighted by molar-refractivity contribution is -0.112. The molecule has 0 radical (unpaired) electrons. The topological polar surface area (TPSA) is 64.9 Å². The molecule has 0 atom stereocenters. The summed E-state index contributed by atoms with van der Waals surface area (Å²) in [5.74, 6) is -0.538. The van der Waals surface area contributed by atoms with Crippen LogP contribution in [0.4, 0.5) is 11.4 Å². The van der Waals surface area contributed by atoms with Crippen molar-refractivity contribution in [2.75, 3.05) is 10.6 Å². The van der Waals surface area contributed by atoms with Gasteiger partial charge in [0.1, 0.15) is 11.6 Å². The fourth-order valence-electron chi connectivity index (χ4n) is 1.64. The number of para-hydroxylation sites is 1. The number of nitriles is 1. The second-order valence-corrected chi connectivity index (χ2v) is 5.10. The van der Waals surface area contributed by atoms with Crippen molar-refractivity contribution in [3.63, 3.8) is 0 Å². The third kappa shape index (κ3) is 4.26. The normalized spacial score (nSPS) is 10.7. The van der Waals surface area contributed by atoms with Gasteiger partial charge < -0.3 is 10.6 Å². The van der Waals surface area contributed by atoms with Crippen molar-refractivity contribution in [1.29, 1.82) is 5.26 Å². The number of halogens is 2. The molecule has 0 spiro atoms. The Kier molecular flexibility index (Phi) is 5.42. The minimum absolute atomic E-state index is 0.0834. The summed E-state index contributed by atoms with van der Waals surface area (Å²) in [6.45, 7) is 0. The van der Waals surface area contributed by atoms with Crippen LogP contribution >= 0.6 is 23.2 Å². The van der Waals surface area contributed by atoms with Crippen molar-refractivity contribution in [2.45, 2.75) is 0 Å². The van der Waals surface area contributed by atoms with Gasteiger partial charge in [-0.25, -0.2) is 0 Å². The van der Waals surface area contributed by atoms with E-state index in [0.717, 1.165) is 0 Å². The molecule has 1 amide bonds. The number of anilines is 2. The van der Waals surface area contributed by atoms with Gasteiger partial charge >= 0.3 is 0 Å². The Labute approximate surface area is 138 Å². The zero-order valence-corrected chi connectivity index (χ0v) is 12.8. The molecule has 0 aliphatic rings. The van der Waals surface area contributed by atoms with E-state index in [1.165, 1.54) is 6.20 Å². The van der Waals surface area contributed by atoms with Gasteiger partial charge in [-0.15, -0.1) is 0 Å². The van der Waals surface area contributed by atoms with Crippen molar-refractivity contribution in [3.8, 4) is 6.07 Å². The van der Waals surface area contributed by atoms with Crippen LogP contribution in [-0.4, -0.2) is 5.91 Å². The Bertz CT molecular complexity index is 766. The summed E-state index contributed by atoms with van der Waals surface area (Å²) >= 11 is 11.8. The third-order valence-corrected chi connectivity index (χ3v) is 3.26. The van der Waals surface area contributed by atoms with Crippen molar-refractivity contribution in [1.82, 2.24) is 0 Å². The van der Waals surface area contributed by atoms with Crippen LogP contribution in [0.15, 0.2) is 60.3 Å². The Morgan fingerprint density at radius 2 is 1.91 bits per heavy atom. The van der Waals surface area contributed by atoms with Crippen LogP contribution in [0.2, 0.25) is 10.0 Å². The van der Waals surface area contributed by atoms with Crippen molar-refractivity contribution < 1.29 is 4.79 Å². The minimum atomic E-state index is -0.538. The lowest BCUT2D eigenvalue weighted by Gasteiger charge is -2.06. The first-order valence-corrected chi connectivity index (χ1v) is 7.04. The number of hydrogen-bond donors (Lipinski definition) is 2. The molecule has 0 bridgehead atoms. The molecule has 4 nitrogen and oxygen atoms in total. The molecule has 0 saturated carbocycles. The van der Waals surface area contributed by atoms with E-state index in [1.54, 1.807) is 48.5 Å². The molecule has 2 aromatic rings. The highest BCUT2D eigenvalue weighted by molar-refractivity contribution is 6.33. The van der Waals surface area contributed by atoms with E-state index in [9.17, 15) is 4.79 Å². The van der Waals surface area contributed by atoms with Crippen LogP contribution < -0.4 is 10.6 Å². The fraction of sp³-hybridized carbons (Fsp3) is 0. The van der Waals surface area contributed by atoms with E-state index >= 15 is 0 Å². The van der Waals surface area contributed by atoms with Crippen LogP contribution in [0.1, 0.15) is 0 Å². The van der Waals surface area contributed by atoms with Crippen molar-refractivity contribution in [2.24, 2.45) is 0 Å². The van der Waals surface area contributed by atoms with E-state index in [-0.39, 0.29) is 5.57 Å². The highest BCUT2D eigenvalue weighted by Gasteiger charge is 2.09. The van der Waals surface area contributed by atoms with Crippen LogP contribution in [0, 0.1) is 11.3 Å². The standard InChI is InChI=1S/C16H11Cl2N3O/c17-12-4-3-5-13(8-12)21-16(22)11(9-19)10-20-15-7-2-1-6-14(15)18/h1-8,10,20H,(H,21,22). The number of rotatable bonds is 4. The number of nitrogens with one attached hydrogen (secondary N) is 2. The molecular weight excluding hydrogens is 321 g/mol. The summed E-state index contributed by atoms with van der Waals surface area (Å²) < 4.78 is 0. The third-order valence-electron chi connectivity index (χ3n) is 2.69. The SMILES string of the molecule is N#CC(=CNc1ccccc1Cl)C(=O)Nc1cccc(Cl)c1. The molecule has 0 aliphatic heterocycles.